The third-order valence-electron chi connectivity index (χ3n) is 2.83. The smallest absolute Gasteiger partial charge is 0.255 e. The van der Waals surface area contributed by atoms with Crippen LogP contribution in [0.2, 0.25) is 10.0 Å². The van der Waals surface area contributed by atoms with E-state index >= 15 is 0 Å². The summed E-state index contributed by atoms with van der Waals surface area (Å²) in [6.07, 6.45) is -0.533. The van der Waals surface area contributed by atoms with Crippen LogP contribution in [0.15, 0.2) is 42.5 Å². The Kier molecular flexibility index (Phi) is 4.65. The van der Waals surface area contributed by atoms with Crippen molar-refractivity contribution in [2.75, 3.05) is 5.32 Å². The monoisotopic (exact) mass is 309 g/mol. The predicted octanol–water partition coefficient (Wildman–Crippen LogP) is 4.30. The Balaban J connectivity index is 2.12. The number of rotatable bonds is 3. The van der Waals surface area contributed by atoms with Gasteiger partial charge in [0.2, 0.25) is 0 Å². The fraction of sp³-hybridized carbons (Fsp3) is 0.133. The van der Waals surface area contributed by atoms with E-state index in [2.05, 4.69) is 5.32 Å². The van der Waals surface area contributed by atoms with E-state index in [1.54, 1.807) is 43.3 Å². The molecule has 5 heteroatoms. The highest BCUT2D eigenvalue weighted by molar-refractivity contribution is 6.42. The van der Waals surface area contributed by atoms with Crippen LogP contribution in [0.1, 0.15) is 28.9 Å². The van der Waals surface area contributed by atoms with Gasteiger partial charge in [-0.1, -0.05) is 35.3 Å². The van der Waals surface area contributed by atoms with Crippen molar-refractivity contribution >= 4 is 34.8 Å². The highest BCUT2D eigenvalue weighted by atomic mass is 35.5. The Bertz CT molecular complexity index is 624. The Morgan fingerprint density at radius 2 is 1.75 bits per heavy atom. The van der Waals surface area contributed by atoms with Crippen LogP contribution in [-0.4, -0.2) is 11.0 Å². The molecule has 2 aromatic carbocycles. The van der Waals surface area contributed by atoms with E-state index in [-0.39, 0.29) is 5.91 Å². The number of nitrogens with one attached hydrogen (secondary N) is 1. The molecule has 0 aromatic heterocycles. The lowest BCUT2D eigenvalue weighted by Gasteiger charge is -2.08. The number of aliphatic hydroxyl groups is 1. The fourth-order valence-corrected chi connectivity index (χ4v) is 1.98. The molecule has 2 N–H and O–H groups in total. The van der Waals surface area contributed by atoms with Crippen LogP contribution in [0.3, 0.4) is 0 Å². The lowest BCUT2D eigenvalue weighted by atomic mass is 10.1. The molecule has 0 spiro atoms. The number of halogens is 2. The number of carbonyl (C=O) groups is 1. The van der Waals surface area contributed by atoms with Crippen LogP contribution in [-0.2, 0) is 0 Å². The van der Waals surface area contributed by atoms with E-state index in [4.69, 9.17) is 23.2 Å². The molecule has 0 heterocycles. The SMILES string of the molecule is C[C@@H](O)c1ccc(NC(=O)c2ccc(Cl)c(Cl)c2)cc1. The summed E-state index contributed by atoms with van der Waals surface area (Å²) in [6, 6.07) is 11.7. The topological polar surface area (TPSA) is 49.3 Å². The van der Waals surface area contributed by atoms with Crippen LogP contribution >= 0.6 is 23.2 Å². The molecule has 0 unspecified atom stereocenters. The summed E-state index contributed by atoms with van der Waals surface area (Å²) in [5, 5.41) is 12.9. The van der Waals surface area contributed by atoms with E-state index in [9.17, 15) is 9.90 Å². The number of hydrogen-bond donors (Lipinski definition) is 2. The van der Waals surface area contributed by atoms with Crippen LogP contribution in [0.5, 0.6) is 0 Å². The molecule has 0 aliphatic rings. The number of carbonyl (C=O) groups excluding carboxylic acids is 1. The Labute approximate surface area is 127 Å². The second kappa shape index (κ2) is 6.27. The largest absolute Gasteiger partial charge is 0.389 e. The van der Waals surface area contributed by atoms with Gasteiger partial charge in [-0.2, -0.15) is 0 Å². The maximum absolute atomic E-state index is 12.0. The standard InChI is InChI=1S/C15H13Cl2NO2/c1-9(19)10-2-5-12(6-3-10)18-15(20)11-4-7-13(16)14(17)8-11/h2-9,19H,1H3,(H,18,20)/t9-/m1/s1. The summed E-state index contributed by atoms with van der Waals surface area (Å²) in [4.78, 5) is 12.0. The lowest BCUT2D eigenvalue weighted by molar-refractivity contribution is 0.102. The minimum Gasteiger partial charge on any atom is -0.389 e. The quantitative estimate of drug-likeness (QED) is 0.888. The van der Waals surface area contributed by atoms with E-state index in [0.29, 0.717) is 21.3 Å². The average molecular weight is 310 g/mol. The van der Waals surface area contributed by atoms with Crippen LogP contribution in [0.25, 0.3) is 0 Å². The van der Waals surface area contributed by atoms with Crippen molar-refractivity contribution in [3.8, 4) is 0 Å². The number of benzene rings is 2. The maximum Gasteiger partial charge on any atom is 0.255 e. The summed E-state index contributed by atoms with van der Waals surface area (Å²) in [5.41, 5.74) is 1.86. The summed E-state index contributed by atoms with van der Waals surface area (Å²) in [5.74, 6) is -0.270. The van der Waals surface area contributed by atoms with Crippen molar-refractivity contribution in [1.29, 1.82) is 0 Å². The zero-order valence-corrected chi connectivity index (χ0v) is 12.2. The van der Waals surface area contributed by atoms with Gasteiger partial charge in [0.05, 0.1) is 16.1 Å². The van der Waals surface area contributed by atoms with Crippen molar-refractivity contribution in [2.45, 2.75) is 13.0 Å². The van der Waals surface area contributed by atoms with Crippen molar-refractivity contribution < 1.29 is 9.90 Å². The first kappa shape index (κ1) is 14.9. The molecule has 1 amide bonds. The molecular weight excluding hydrogens is 297 g/mol. The second-order valence-electron chi connectivity index (χ2n) is 4.38. The van der Waals surface area contributed by atoms with Gasteiger partial charge in [0, 0.05) is 11.3 Å². The maximum atomic E-state index is 12.0. The van der Waals surface area contributed by atoms with Crippen molar-refractivity contribution in [3.63, 3.8) is 0 Å². The molecule has 0 aliphatic carbocycles. The van der Waals surface area contributed by atoms with Crippen LogP contribution in [0, 0.1) is 0 Å². The summed E-state index contributed by atoms with van der Waals surface area (Å²) in [7, 11) is 0. The van der Waals surface area contributed by atoms with Crippen molar-refractivity contribution in [2.24, 2.45) is 0 Å². The highest BCUT2D eigenvalue weighted by Crippen LogP contribution is 2.23. The molecule has 2 rings (SSSR count). The van der Waals surface area contributed by atoms with Gasteiger partial charge in [0.1, 0.15) is 0 Å². The van der Waals surface area contributed by atoms with Gasteiger partial charge in [-0.15, -0.1) is 0 Å². The molecule has 20 heavy (non-hydrogen) atoms. The molecule has 0 saturated carbocycles. The minimum absolute atomic E-state index is 0.270. The van der Waals surface area contributed by atoms with Gasteiger partial charge >= 0.3 is 0 Å². The van der Waals surface area contributed by atoms with Crippen LogP contribution in [0.4, 0.5) is 5.69 Å². The molecule has 0 radical (unpaired) electrons. The second-order valence-corrected chi connectivity index (χ2v) is 5.20. The van der Waals surface area contributed by atoms with Crippen LogP contribution < -0.4 is 5.32 Å². The van der Waals surface area contributed by atoms with Gasteiger partial charge in [0.15, 0.2) is 0 Å². The molecular formula is C15H13Cl2NO2. The Morgan fingerprint density at radius 3 is 2.30 bits per heavy atom. The van der Waals surface area contributed by atoms with Gasteiger partial charge in [-0.05, 0) is 42.8 Å². The molecule has 104 valence electrons. The molecule has 0 saturated heterocycles. The average Bonchev–Trinajstić information content (AvgIpc) is 2.42. The van der Waals surface area contributed by atoms with Gasteiger partial charge in [0.25, 0.3) is 5.91 Å². The summed E-state index contributed by atoms with van der Waals surface area (Å²) in [6.45, 7) is 1.68. The molecule has 0 fully saturated rings. The van der Waals surface area contributed by atoms with Gasteiger partial charge < -0.3 is 10.4 Å². The number of amides is 1. The van der Waals surface area contributed by atoms with E-state index in [1.807, 2.05) is 0 Å². The predicted molar refractivity (Wildman–Crippen MR) is 81.5 cm³/mol. The molecule has 0 bridgehead atoms. The first-order valence-electron chi connectivity index (χ1n) is 6.02. The lowest BCUT2D eigenvalue weighted by Crippen LogP contribution is -2.11. The highest BCUT2D eigenvalue weighted by Gasteiger charge is 2.09. The Morgan fingerprint density at radius 1 is 1.10 bits per heavy atom. The molecule has 2 aromatic rings. The first-order valence-corrected chi connectivity index (χ1v) is 6.77. The Hall–Kier alpha value is -1.55. The van der Waals surface area contributed by atoms with Crippen molar-refractivity contribution in [1.82, 2.24) is 0 Å². The molecule has 0 aliphatic heterocycles. The van der Waals surface area contributed by atoms with Gasteiger partial charge in [-0.3, -0.25) is 4.79 Å². The van der Waals surface area contributed by atoms with Gasteiger partial charge in [-0.25, -0.2) is 0 Å². The number of anilines is 1. The number of aliphatic hydroxyl groups excluding tert-OH is 1. The normalized spacial score (nSPS) is 12.0. The first-order chi connectivity index (χ1) is 9.47. The minimum atomic E-state index is -0.533. The zero-order chi connectivity index (χ0) is 14.7. The number of hydrogen-bond acceptors (Lipinski definition) is 2. The zero-order valence-electron chi connectivity index (χ0n) is 10.7. The summed E-state index contributed by atoms with van der Waals surface area (Å²) >= 11 is 11.7. The van der Waals surface area contributed by atoms with E-state index < -0.39 is 6.10 Å². The third-order valence-corrected chi connectivity index (χ3v) is 3.57. The molecule has 3 nitrogen and oxygen atoms in total. The third kappa shape index (κ3) is 3.51. The fourth-order valence-electron chi connectivity index (χ4n) is 1.69. The van der Waals surface area contributed by atoms with E-state index in [0.717, 1.165) is 5.56 Å². The van der Waals surface area contributed by atoms with Crippen molar-refractivity contribution in [3.05, 3.63) is 63.6 Å². The van der Waals surface area contributed by atoms with E-state index in [1.165, 1.54) is 6.07 Å². The summed E-state index contributed by atoms with van der Waals surface area (Å²) < 4.78 is 0. The molecule has 1 atom stereocenters.